The number of hydrogen-bond acceptors (Lipinski definition) is 6. The molecule has 0 bridgehead atoms. The molecule has 1 heterocycles. The molecule has 152 valence electrons. The number of benzene rings is 2. The Labute approximate surface area is 174 Å². The number of nitro groups is 1. The van der Waals surface area contributed by atoms with Crippen LogP contribution in [0.4, 0.5) is 5.69 Å². The number of halogens is 1. The number of aromatic nitrogens is 1. The minimum absolute atomic E-state index is 0.0572. The summed E-state index contributed by atoms with van der Waals surface area (Å²) >= 11 is 6.97. The Kier molecular flexibility index (Phi) is 5.85. The molecule has 0 aliphatic rings. The van der Waals surface area contributed by atoms with Crippen molar-refractivity contribution in [2.75, 3.05) is 0 Å². The van der Waals surface area contributed by atoms with Crippen molar-refractivity contribution in [1.29, 1.82) is 0 Å². The van der Waals surface area contributed by atoms with E-state index in [-0.39, 0.29) is 20.3 Å². The molecular formula is C17H15ClN4O5S2. The molecule has 3 rings (SSSR count). The van der Waals surface area contributed by atoms with E-state index in [0.717, 1.165) is 23.8 Å². The number of aryl methyl sites for hydroxylation is 1. The van der Waals surface area contributed by atoms with Gasteiger partial charge in [0.2, 0.25) is 10.0 Å². The topological polar surface area (TPSA) is 138 Å². The number of rotatable bonds is 5. The predicted molar refractivity (Wildman–Crippen MR) is 109 cm³/mol. The maximum absolute atomic E-state index is 12.7. The van der Waals surface area contributed by atoms with Crippen LogP contribution in [0.2, 0.25) is 5.02 Å². The van der Waals surface area contributed by atoms with Crippen LogP contribution in [0.1, 0.15) is 23.7 Å². The van der Waals surface area contributed by atoms with E-state index in [9.17, 15) is 23.3 Å². The van der Waals surface area contributed by atoms with Crippen molar-refractivity contribution in [3.05, 3.63) is 61.9 Å². The van der Waals surface area contributed by atoms with Crippen LogP contribution < -0.4 is 9.94 Å². The largest absolute Gasteiger partial charge is 0.316 e. The summed E-state index contributed by atoms with van der Waals surface area (Å²) < 4.78 is 25.5. The Balaban J connectivity index is 2.22. The van der Waals surface area contributed by atoms with Crippen LogP contribution in [0.5, 0.6) is 0 Å². The second-order valence-electron chi connectivity index (χ2n) is 6.05. The van der Waals surface area contributed by atoms with Crippen LogP contribution in [-0.2, 0) is 16.6 Å². The summed E-state index contributed by atoms with van der Waals surface area (Å²) in [5.41, 5.74) is 0.0486. The molecule has 0 unspecified atom stereocenters. The van der Waals surface area contributed by atoms with Gasteiger partial charge >= 0.3 is 0 Å². The quantitative estimate of drug-likeness (QED) is 0.466. The summed E-state index contributed by atoms with van der Waals surface area (Å²) in [7, 11) is -3.89. The Morgan fingerprint density at radius 3 is 2.66 bits per heavy atom. The van der Waals surface area contributed by atoms with E-state index in [2.05, 4.69) is 4.99 Å². The van der Waals surface area contributed by atoms with E-state index >= 15 is 0 Å². The summed E-state index contributed by atoms with van der Waals surface area (Å²) in [5.74, 6) is -0.817. The lowest BCUT2D eigenvalue weighted by molar-refractivity contribution is -0.385. The molecule has 12 heteroatoms. The van der Waals surface area contributed by atoms with Gasteiger partial charge in [-0.25, -0.2) is 13.6 Å². The zero-order chi connectivity index (χ0) is 21.3. The first-order valence-electron chi connectivity index (χ1n) is 8.31. The van der Waals surface area contributed by atoms with Crippen molar-refractivity contribution >= 4 is 54.8 Å². The number of carbonyl (C=O) groups excluding carboxylic acids is 1. The number of nitrogens with two attached hydrogens (primary N) is 1. The average Bonchev–Trinajstić information content (AvgIpc) is 2.97. The van der Waals surface area contributed by atoms with Gasteiger partial charge in [-0.15, -0.1) is 0 Å². The molecule has 2 aromatic carbocycles. The van der Waals surface area contributed by atoms with Crippen LogP contribution in [0.3, 0.4) is 0 Å². The van der Waals surface area contributed by atoms with Gasteiger partial charge < -0.3 is 4.57 Å². The molecule has 29 heavy (non-hydrogen) atoms. The summed E-state index contributed by atoms with van der Waals surface area (Å²) in [6, 6.07) is 8.04. The highest BCUT2D eigenvalue weighted by Crippen LogP contribution is 2.24. The number of nitrogens with zero attached hydrogens (tertiary/aromatic N) is 3. The van der Waals surface area contributed by atoms with Gasteiger partial charge in [-0.05, 0) is 36.8 Å². The number of fused-ring (bicyclic) bond motifs is 1. The summed E-state index contributed by atoms with van der Waals surface area (Å²) in [5, 5.41) is 16.6. The number of nitro benzene ring substituents is 1. The van der Waals surface area contributed by atoms with Gasteiger partial charge in [0.15, 0.2) is 4.80 Å². The molecule has 0 fully saturated rings. The third-order valence-corrected chi connectivity index (χ3v) is 6.20. The predicted octanol–water partition coefficient (Wildman–Crippen LogP) is 3.06. The van der Waals surface area contributed by atoms with Gasteiger partial charge in [0.1, 0.15) is 5.56 Å². The zero-order valence-corrected chi connectivity index (χ0v) is 17.4. The normalized spacial score (nSPS) is 12.4. The highest BCUT2D eigenvalue weighted by molar-refractivity contribution is 7.89. The molecule has 0 atom stereocenters. The smallest absolute Gasteiger partial charge is 0.286 e. The molecule has 9 nitrogen and oxygen atoms in total. The van der Waals surface area contributed by atoms with Gasteiger partial charge in [-0.2, -0.15) is 4.99 Å². The highest BCUT2D eigenvalue weighted by Gasteiger charge is 2.21. The van der Waals surface area contributed by atoms with Crippen molar-refractivity contribution in [2.24, 2.45) is 10.1 Å². The van der Waals surface area contributed by atoms with Gasteiger partial charge in [0, 0.05) is 17.6 Å². The van der Waals surface area contributed by atoms with Crippen molar-refractivity contribution in [2.45, 2.75) is 24.8 Å². The summed E-state index contributed by atoms with van der Waals surface area (Å²) in [6.45, 7) is 2.45. The summed E-state index contributed by atoms with van der Waals surface area (Å²) in [6.07, 6.45) is 0.724. The zero-order valence-electron chi connectivity index (χ0n) is 15.0. The Bertz CT molecular complexity index is 1310. The van der Waals surface area contributed by atoms with Crippen molar-refractivity contribution in [3.63, 3.8) is 0 Å². The van der Waals surface area contributed by atoms with Gasteiger partial charge in [0.25, 0.3) is 11.6 Å². The molecule has 3 aromatic rings. The first-order valence-corrected chi connectivity index (χ1v) is 11.0. The lowest BCUT2D eigenvalue weighted by atomic mass is 10.2. The van der Waals surface area contributed by atoms with Crippen molar-refractivity contribution in [3.8, 4) is 0 Å². The van der Waals surface area contributed by atoms with Crippen molar-refractivity contribution < 1.29 is 18.1 Å². The fourth-order valence-electron chi connectivity index (χ4n) is 2.74. The minimum atomic E-state index is -3.89. The van der Waals surface area contributed by atoms with E-state index in [1.54, 1.807) is 10.6 Å². The molecule has 0 radical (unpaired) electrons. The van der Waals surface area contributed by atoms with Crippen LogP contribution in [-0.4, -0.2) is 23.8 Å². The SMILES string of the molecule is CCCn1c(=NC(=O)c2cc(Cl)ccc2[N+](=O)[O-])sc2cc(S(N)(=O)=O)ccc21. The molecule has 2 N–H and O–H groups in total. The van der Waals surface area contributed by atoms with E-state index in [1.807, 2.05) is 6.92 Å². The second-order valence-corrected chi connectivity index (χ2v) is 9.05. The maximum atomic E-state index is 12.7. The van der Waals surface area contributed by atoms with Crippen molar-refractivity contribution in [1.82, 2.24) is 4.57 Å². The van der Waals surface area contributed by atoms with Crippen LogP contribution >= 0.6 is 22.9 Å². The lowest BCUT2D eigenvalue weighted by Crippen LogP contribution is -2.17. The van der Waals surface area contributed by atoms with Gasteiger partial charge in [-0.1, -0.05) is 29.9 Å². The molecule has 0 aliphatic heterocycles. The molecule has 0 aliphatic carbocycles. The number of primary sulfonamides is 1. The standard InChI is InChI=1S/C17H15ClN4O5S2/c1-2-7-21-14-6-4-11(29(19,26)27)9-15(14)28-17(21)20-16(23)12-8-10(18)3-5-13(12)22(24)25/h3-6,8-9H,2,7H2,1H3,(H2,19,26,27). The van der Waals surface area contributed by atoms with Crippen LogP contribution in [0.15, 0.2) is 46.3 Å². The molecular weight excluding hydrogens is 440 g/mol. The van der Waals surface area contributed by atoms with E-state index in [1.165, 1.54) is 24.3 Å². The maximum Gasteiger partial charge on any atom is 0.286 e. The first kappa shape index (κ1) is 21.1. The third-order valence-electron chi connectivity index (χ3n) is 4.01. The fourth-order valence-corrected chi connectivity index (χ4v) is 4.62. The van der Waals surface area contributed by atoms with E-state index < -0.39 is 26.5 Å². The molecule has 1 aromatic heterocycles. The average molecular weight is 455 g/mol. The second kappa shape index (κ2) is 8.03. The van der Waals surface area contributed by atoms with E-state index in [4.69, 9.17) is 16.7 Å². The Hall–Kier alpha value is -2.60. The summed E-state index contributed by atoms with van der Waals surface area (Å²) in [4.78, 5) is 27.5. The first-order chi connectivity index (χ1) is 13.6. The Morgan fingerprint density at radius 2 is 2.03 bits per heavy atom. The molecule has 0 saturated carbocycles. The van der Waals surface area contributed by atoms with Gasteiger partial charge in [0.05, 0.1) is 20.0 Å². The third kappa shape index (κ3) is 4.37. The minimum Gasteiger partial charge on any atom is -0.316 e. The number of hydrogen-bond donors (Lipinski definition) is 1. The van der Waals surface area contributed by atoms with Gasteiger partial charge in [-0.3, -0.25) is 14.9 Å². The highest BCUT2D eigenvalue weighted by atomic mass is 35.5. The number of amides is 1. The van der Waals surface area contributed by atoms with E-state index in [0.29, 0.717) is 16.8 Å². The number of sulfonamides is 1. The fraction of sp³-hybridized carbons (Fsp3) is 0.176. The number of carbonyl (C=O) groups is 1. The Morgan fingerprint density at radius 1 is 1.31 bits per heavy atom. The lowest BCUT2D eigenvalue weighted by Gasteiger charge is -2.04. The molecule has 0 saturated heterocycles. The van der Waals surface area contributed by atoms with Crippen LogP contribution in [0.25, 0.3) is 10.2 Å². The number of thiazole rings is 1. The monoisotopic (exact) mass is 454 g/mol. The molecule has 1 amide bonds. The molecule has 0 spiro atoms. The van der Waals surface area contributed by atoms with Crippen LogP contribution in [0, 0.1) is 10.1 Å².